The maximum absolute atomic E-state index is 9.62. The van der Waals surface area contributed by atoms with Gasteiger partial charge in [0.2, 0.25) is 0 Å². The van der Waals surface area contributed by atoms with Crippen LogP contribution >= 0.6 is 34.8 Å². The largest absolute Gasteiger partial charge is 0.478 e. The van der Waals surface area contributed by atoms with Crippen molar-refractivity contribution in [2.24, 2.45) is 16.5 Å². The molecular formula is C22H41Cl3N6O2. The van der Waals surface area contributed by atoms with Gasteiger partial charge in [0.15, 0.2) is 11.9 Å². The summed E-state index contributed by atoms with van der Waals surface area (Å²) in [5.41, 5.74) is 8.94. The number of guanidine groups is 2. The minimum atomic E-state index is -2.17. The molecule has 8 nitrogen and oxygen atoms in total. The van der Waals surface area contributed by atoms with Crippen LogP contribution < -0.4 is 22.1 Å². The predicted molar refractivity (Wildman–Crippen MR) is 138 cm³/mol. The summed E-state index contributed by atoms with van der Waals surface area (Å²) in [5, 5.41) is 21.5. The zero-order valence-corrected chi connectivity index (χ0v) is 21.7. The van der Waals surface area contributed by atoms with Gasteiger partial charge < -0.3 is 27.2 Å². The molecule has 0 saturated heterocycles. The van der Waals surface area contributed by atoms with Crippen molar-refractivity contribution < 1.29 is 9.90 Å². The summed E-state index contributed by atoms with van der Waals surface area (Å²) in [5.74, 6) is -0.650. The summed E-state index contributed by atoms with van der Waals surface area (Å²) in [6.45, 7) is 0. The summed E-state index contributed by atoms with van der Waals surface area (Å²) in [4.78, 5) is 14.7. The van der Waals surface area contributed by atoms with Crippen LogP contribution in [-0.4, -0.2) is 44.9 Å². The maximum Gasteiger partial charge on any atom is 0.356 e. The van der Waals surface area contributed by atoms with Crippen molar-refractivity contribution in [1.29, 1.82) is 5.41 Å². The van der Waals surface area contributed by atoms with Gasteiger partial charge in [-0.15, -0.1) is 0 Å². The third kappa shape index (κ3) is 15.4. The number of hydrogen-bond acceptors (Lipinski definition) is 3. The Morgan fingerprint density at radius 3 is 1.39 bits per heavy atom. The number of carboxylic acids is 1. The van der Waals surface area contributed by atoms with Crippen LogP contribution in [0, 0.1) is 5.41 Å². The second-order valence-electron chi connectivity index (χ2n) is 8.99. The minimum absolute atomic E-state index is 0.333. The quantitative estimate of drug-likeness (QED) is 0.176. The van der Waals surface area contributed by atoms with Gasteiger partial charge in [0, 0.05) is 12.1 Å². The van der Waals surface area contributed by atoms with Crippen LogP contribution in [-0.2, 0) is 4.79 Å². The van der Waals surface area contributed by atoms with Crippen LogP contribution in [0.5, 0.6) is 0 Å². The SMILES string of the molecule is C1CCC(N=C(NC2CCCCC2)NC2CCCCC2)CC1.N=C(N)N.O=C(O)C(Cl)(Cl)Cl. The number of aliphatic carboxylic acids is 1. The molecule has 11 heteroatoms. The fraction of sp³-hybridized carbons (Fsp3) is 0.864. The highest BCUT2D eigenvalue weighted by Gasteiger charge is 2.29. The van der Waals surface area contributed by atoms with E-state index >= 15 is 0 Å². The lowest BCUT2D eigenvalue weighted by Gasteiger charge is -2.30. The van der Waals surface area contributed by atoms with Gasteiger partial charge in [0.25, 0.3) is 3.79 Å². The number of aliphatic imine (C=N–C) groups is 1. The van der Waals surface area contributed by atoms with Crippen molar-refractivity contribution in [3.63, 3.8) is 0 Å². The molecule has 0 amide bonds. The fourth-order valence-corrected chi connectivity index (χ4v) is 4.39. The Kier molecular flexibility index (Phi) is 15.0. The Bertz CT molecular complexity index is 571. The molecule has 3 fully saturated rings. The second kappa shape index (κ2) is 16.5. The van der Waals surface area contributed by atoms with E-state index in [9.17, 15) is 4.79 Å². The van der Waals surface area contributed by atoms with Gasteiger partial charge in [0.05, 0.1) is 6.04 Å². The van der Waals surface area contributed by atoms with E-state index < -0.39 is 9.76 Å². The third-order valence-electron chi connectivity index (χ3n) is 6.02. The molecule has 0 unspecified atom stereocenters. The molecule has 0 spiro atoms. The molecule has 3 saturated carbocycles. The van der Waals surface area contributed by atoms with Crippen molar-refractivity contribution in [3.05, 3.63) is 0 Å². The lowest BCUT2D eigenvalue weighted by Crippen LogP contribution is -2.49. The molecule has 192 valence electrons. The van der Waals surface area contributed by atoms with Crippen LogP contribution in [0.4, 0.5) is 0 Å². The van der Waals surface area contributed by atoms with E-state index in [0.717, 1.165) is 5.96 Å². The number of hydrogen-bond donors (Lipinski definition) is 6. The molecule has 0 atom stereocenters. The Balaban J connectivity index is 0.000000415. The van der Waals surface area contributed by atoms with Crippen molar-refractivity contribution in [3.8, 4) is 0 Å². The van der Waals surface area contributed by atoms with E-state index in [2.05, 4.69) is 22.1 Å². The first-order valence-electron chi connectivity index (χ1n) is 12.1. The van der Waals surface area contributed by atoms with Crippen LogP contribution in [0.2, 0.25) is 0 Å². The highest BCUT2D eigenvalue weighted by atomic mass is 35.6. The highest BCUT2D eigenvalue weighted by Crippen LogP contribution is 2.25. The van der Waals surface area contributed by atoms with E-state index in [1.807, 2.05) is 0 Å². The van der Waals surface area contributed by atoms with Gasteiger partial charge in [-0.25, -0.2) is 9.79 Å². The van der Waals surface area contributed by atoms with E-state index in [1.165, 1.54) is 96.3 Å². The summed E-state index contributed by atoms with van der Waals surface area (Å²) >= 11 is 14.4. The monoisotopic (exact) mass is 526 g/mol. The van der Waals surface area contributed by atoms with Gasteiger partial charge in [0.1, 0.15) is 0 Å². The van der Waals surface area contributed by atoms with Crippen LogP contribution in [0.3, 0.4) is 0 Å². The van der Waals surface area contributed by atoms with E-state index in [0.29, 0.717) is 18.1 Å². The highest BCUT2D eigenvalue weighted by molar-refractivity contribution is 6.75. The van der Waals surface area contributed by atoms with E-state index in [4.69, 9.17) is 50.3 Å². The zero-order valence-electron chi connectivity index (χ0n) is 19.4. The molecule has 3 rings (SSSR count). The number of nitrogens with zero attached hydrogens (tertiary/aromatic N) is 1. The molecule has 0 aromatic carbocycles. The second-order valence-corrected chi connectivity index (χ2v) is 11.3. The van der Waals surface area contributed by atoms with Crippen molar-refractivity contribution in [2.75, 3.05) is 0 Å². The molecule has 0 radical (unpaired) electrons. The Hall–Kier alpha value is -1.12. The number of halogens is 3. The summed E-state index contributed by atoms with van der Waals surface area (Å²) < 4.78 is -2.17. The van der Waals surface area contributed by atoms with E-state index in [-0.39, 0.29) is 5.96 Å². The predicted octanol–water partition coefficient (Wildman–Crippen LogP) is 4.80. The van der Waals surface area contributed by atoms with Crippen molar-refractivity contribution in [2.45, 2.75) is 118 Å². The van der Waals surface area contributed by atoms with Crippen molar-refractivity contribution in [1.82, 2.24) is 10.6 Å². The molecule has 3 aliphatic rings. The number of nitrogens with one attached hydrogen (secondary N) is 3. The molecule has 0 aliphatic heterocycles. The summed E-state index contributed by atoms with van der Waals surface area (Å²) in [6.07, 6.45) is 20.4. The first-order chi connectivity index (χ1) is 15.6. The topological polar surface area (TPSA) is 150 Å². The molecule has 0 heterocycles. The number of nitrogens with two attached hydrogens (primary N) is 2. The molecule has 8 N–H and O–H groups in total. The molecule has 0 bridgehead atoms. The first-order valence-corrected chi connectivity index (χ1v) is 13.2. The summed E-state index contributed by atoms with van der Waals surface area (Å²) in [6, 6.07) is 1.88. The average molecular weight is 528 g/mol. The Morgan fingerprint density at radius 1 is 0.788 bits per heavy atom. The third-order valence-corrected chi connectivity index (χ3v) is 6.51. The number of carbonyl (C=O) groups is 1. The smallest absolute Gasteiger partial charge is 0.356 e. The zero-order chi connectivity index (χ0) is 24.7. The number of rotatable bonds is 3. The lowest BCUT2D eigenvalue weighted by molar-refractivity contribution is -0.135. The maximum atomic E-state index is 9.62. The van der Waals surface area contributed by atoms with Crippen LogP contribution in [0.15, 0.2) is 4.99 Å². The standard InChI is InChI=1S/C19H35N3.C2HCl3O2.CH5N3/c1-4-10-16(11-5-1)20-19(21-17-12-6-2-7-13-17)22-18-14-8-3-9-15-18;3-2(4,5)1(6)7;2-1(3)4/h16-18H,1-15H2,(H2,20,21,22);(H,6,7);(H5,2,3,4). The van der Waals surface area contributed by atoms with Gasteiger partial charge in [-0.3, -0.25) is 5.41 Å². The average Bonchev–Trinajstić information content (AvgIpc) is 2.75. The van der Waals surface area contributed by atoms with Gasteiger partial charge in [-0.1, -0.05) is 92.6 Å². The number of carboxylic acid groups (broad SMARTS) is 1. The minimum Gasteiger partial charge on any atom is -0.478 e. The lowest BCUT2D eigenvalue weighted by atomic mass is 9.94. The molecular weight excluding hydrogens is 487 g/mol. The molecule has 0 aromatic rings. The van der Waals surface area contributed by atoms with Crippen LogP contribution in [0.1, 0.15) is 96.3 Å². The fourth-order valence-electron chi connectivity index (χ4n) is 4.39. The first kappa shape index (κ1) is 29.9. The molecule has 33 heavy (non-hydrogen) atoms. The summed E-state index contributed by atoms with van der Waals surface area (Å²) in [7, 11) is 0. The normalized spacial score (nSPS) is 20.2. The Morgan fingerprint density at radius 2 is 1.09 bits per heavy atom. The van der Waals surface area contributed by atoms with E-state index in [1.54, 1.807) is 0 Å². The van der Waals surface area contributed by atoms with Gasteiger partial charge >= 0.3 is 5.97 Å². The van der Waals surface area contributed by atoms with Gasteiger partial charge in [-0.05, 0) is 38.5 Å². The Labute approximate surface area is 213 Å². The number of alkyl halides is 3. The van der Waals surface area contributed by atoms with Crippen LogP contribution in [0.25, 0.3) is 0 Å². The van der Waals surface area contributed by atoms with Gasteiger partial charge in [-0.2, -0.15) is 0 Å². The van der Waals surface area contributed by atoms with Crippen molar-refractivity contribution >= 4 is 52.7 Å². The molecule has 0 aromatic heterocycles. The molecule has 3 aliphatic carbocycles.